The Kier molecular flexibility index (Phi) is 9.14. The van der Waals surface area contributed by atoms with E-state index in [1.54, 1.807) is 7.11 Å². The molecule has 0 aliphatic carbocycles. The second-order valence-electron chi connectivity index (χ2n) is 5.72. The van der Waals surface area contributed by atoms with E-state index >= 15 is 0 Å². The lowest BCUT2D eigenvalue weighted by Crippen LogP contribution is -2.38. The van der Waals surface area contributed by atoms with E-state index in [2.05, 4.69) is 49.5 Å². The number of ether oxygens (including phenoxy) is 1. The molecular weight excluding hydrogens is 288 g/mol. The Labute approximate surface area is 141 Å². The fourth-order valence-corrected chi connectivity index (χ4v) is 2.38. The van der Waals surface area contributed by atoms with Crippen LogP contribution in [-0.4, -0.2) is 51.7 Å². The van der Waals surface area contributed by atoms with Crippen LogP contribution in [0.5, 0.6) is 5.75 Å². The minimum Gasteiger partial charge on any atom is -0.496 e. The van der Waals surface area contributed by atoms with Crippen LogP contribution >= 0.6 is 0 Å². The third kappa shape index (κ3) is 6.48. The Balaban J connectivity index is 2.86. The molecule has 1 aromatic rings. The van der Waals surface area contributed by atoms with Gasteiger partial charge in [0.2, 0.25) is 0 Å². The molecule has 5 nitrogen and oxygen atoms in total. The number of hydrogen-bond donors (Lipinski definition) is 2. The van der Waals surface area contributed by atoms with Gasteiger partial charge in [-0.05, 0) is 33.5 Å². The van der Waals surface area contributed by atoms with Crippen LogP contribution in [0.3, 0.4) is 0 Å². The molecule has 1 rings (SSSR count). The molecule has 0 saturated heterocycles. The fraction of sp³-hybridized carbons (Fsp3) is 0.611. The van der Waals surface area contributed by atoms with Crippen molar-refractivity contribution in [3.8, 4) is 5.75 Å². The molecule has 0 radical (unpaired) electrons. The van der Waals surface area contributed by atoms with Crippen molar-refractivity contribution < 1.29 is 4.74 Å². The molecule has 0 bridgehead atoms. The first-order valence-electron chi connectivity index (χ1n) is 8.45. The topological polar surface area (TPSA) is 48.9 Å². The number of benzene rings is 1. The summed E-state index contributed by atoms with van der Waals surface area (Å²) >= 11 is 0. The Hall–Kier alpha value is -1.75. The average Bonchev–Trinajstić information content (AvgIpc) is 2.55. The van der Waals surface area contributed by atoms with Crippen molar-refractivity contribution in [3.05, 3.63) is 29.8 Å². The molecule has 1 aromatic carbocycles. The van der Waals surface area contributed by atoms with Crippen molar-refractivity contribution in [1.82, 2.24) is 15.5 Å². The van der Waals surface area contributed by atoms with Crippen LogP contribution in [0.4, 0.5) is 0 Å². The summed E-state index contributed by atoms with van der Waals surface area (Å²) in [6.07, 6.45) is 2.32. The van der Waals surface area contributed by atoms with Crippen LogP contribution in [-0.2, 0) is 0 Å². The zero-order valence-electron chi connectivity index (χ0n) is 15.2. The van der Waals surface area contributed by atoms with E-state index in [1.807, 2.05) is 18.2 Å². The van der Waals surface area contributed by atoms with E-state index in [9.17, 15) is 0 Å². The lowest BCUT2D eigenvalue weighted by molar-refractivity contribution is 0.295. The van der Waals surface area contributed by atoms with Crippen LogP contribution in [0.15, 0.2) is 29.3 Å². The second-order valence-corrected chi connectivity index (χ2v) is 5.72. The Bertz CT molecular complexity index is 474. The number of methoxy groups -OCH3 is 1. The predicted octanol–water partition coefficient (Wildman–Crippen LogP) is 2.65. The van der Waals surface area contributed by atoms with Gasteiger partial charge < -0.3 is 20.3 Å². The summed E-state index contributed by atoms with van der Waals surface area (Å²) in [7, 11) is 5.86. The van der Waals surface area contributed by atoms with E-state index in [-0.39, 0.29) is 6.04 Å². The molecule has 0 spiro atoms. The molecule has 23 heavy (non-hydrogen) atoms. The van der Waals surface area contributed by atoms with Crippen molar-refractivity contribution in [3.63, 3.8) is 0 Å². The number of aliphatic imine (C=N–C) groups is 1. The lowest BCUT2D eigenvalue weighted by Gasteiger charge is -2.25. The van der Waals surface area contributed by atoms with Gasteiger partial charge in [-0.2, -0.15) is 0 Å². The molecule has 0 amide bonds. The van der Waals surface area contributed by atoms with Gasteiger partial charge in [0.25, 0.3) is 0 Å². The maximum Gasteiger partial charge on any atom is 0.191 e. The number of para-hydroxylation sites is 1. The highest BCUT2D eigenvalue weighted by atomic mass is 16.5. The first-order valence-corrected chi connectivity index (χ1v) is 8.45. The van der Waals surface area contributed by atoms with Crippen LogP contribution in [0.1, 0.15) is 38.3 Å². The summed E-state index contributed by atoms with van der Waals surface area (Å²) in [5.74, 6) is 1.79. The van der Waals surface area contributed by atoms with Crippen molar-refractivity contribution in [2.45, 2.75) is 32.7 Å². The zero-order chi connectivity index (χ0) is 17.1. The van der Waals surface area contributed by atoms with Crippen LogP contribution in [0.25, 0.3) is 0 Å². The number of guanidine groups is 1. The quantitative estimate of drug-likeness (QED) is 0.417. The van der Waals surface area contributed by atoms with Gasteiger partial charge in [-0.1, -0.05) is 31.5 Å². The number of rotatable bonds is 9. The normalized spacial score (nSPS) is 13.0. The summed E-state index contributed by atoms with van der Waals surface area (Å²) in [6, 6.07) is 8.32. The highest BCUT2D eigenvalue weighted by Crippen LogP contribution is 2.28. The molecule has 0 aromatic heterocycles. The van der Waals surface area contributed by atoms with Crippen molar-refractivity contribution >= 4 is 5.96 Å². The van der Waals surface area contributed by atoms with Gasteiger partial charge in [0.1, 0.15) is 5.75 Å². The fourth-order valence-electron chi connectivity index (χ4n) is 2.38. The maximum atomic E-state index is 5.50. The van der Waals surface area contributed by atoms with Crippen LogP contribution in [0, 0.1) is 0 Å². The monoisotopic (exact) mass is 320 g/mol. The molecule has 1 atom stereocenters. The van der Waals surface area contributed by atoms with Gasteiger partial charge in [0.15, 0.2) is 5.96 Å². The Morgan fingerprint density at radius 1 is 1.22 bits per heavy atom. The minimum atomic E-state index is 0.174. The second kappa shape index (κ2) is 10.9. The predicted molar refractivity (Wildman–Crippen MR) is 98.3 cm³/mol. The first-order chi connectivity index (χ1) is 11.1. The molecule has 0 aliphatic rings. The van der Waals surface area contributed by atoms with E-state index in [1.165, 1.54) is 6.42 Å². The summed E-state index contributed by atoms with van der Waals surface area (Å²) in [5.41, 5.74) is 1.16. The first kappa shape index (κ1) is 19.3. The van der Waals surface area contributed by atoms with Crippen LogP contribution in [0.2, 0.25) is 0 Å². The molecular formula is C18H32N4O. The molecule has 0 fully saturated rings. The van der Waals surface area contributed by atoms with Gasteiger partial charge >= 0.3 is 0 Å². The Morgan fingerprint density at radius 2 is 1.96 bits per heavy atom. The zero-order valence-corrected chi connectivity index (χ0v) is 15.2. The molecule has 1 unspecified atom stereocenters. The minimum absolute atomic E-state index is 0.174. The number of hydrogen-bond acceptors (Lipinski definition) is 3. The van der Waals surface area contributed by atoms with Gasteiger partial charge in [-0.25, -0.2) is 0 Å². The standard InChI is InChI=1S/C18H32N4O/c1-6-8-13-20-18(19-7-2)21-14-16(22(3)4)15-11-9-10-12-17(15)23-5/h9-12,16H,6-8,13-14H2,1-5H3,(H2,19,20,21). The summed E-state index contributed by atoms with van der Waals surface area (Å²) in [4.78, 5) is 6.93. The highest BCUT2D eigenvalue weighted by Gasteiger charge is 2.18. The SMILES string of the molecule is CCCCNC(=NCC(c1ccccc1OC)N(C)C)NCC. The van der Waals surface area contributed by atoms with Gasteiger partial charge in [0, 0.05) is 18.7 Å². The van der Waals surface area contributed by atoms with Gasteiger partial charge in [-0.15, -0.1) is 0 Å². The molecule has 0 heterocycles. The molecule has 5 heteroatoms. The molecule has 0 saturated carbocycles. The molecule has 0 aliphatic heterocycles. The number of nitrogens with one attached hydrogen (secondary N) is 2. The Morgan fingerprint density at radius 3 is 2.57 bits per heavy atom. The number of nitrogens with zero attached hydrogens (tertiary/aromatic N) is 2. The van der Waals surface area contributed by atoms with E-state index < -0.39 is 0 Å². The summed E-state index contributed by atoms with van der Waals surface area (Å²) < 4.78 is 5.50. The van der Waals surface area contributed by atoms with Gasteiger partial charge in [0.05, 0.1) is 19.7 Å². The van der Waals surface area contributed by atoms with E-state index in [0.717, 1.165) is 36.8 Å². The molecule has 130 valence electrons. The third-order valence-electron chi connectivity index (χ3n) is 3.71. The number of unbranched alkanes of at least 4 members (excludes halogenated alkanes) is 1. The van der Waals surface area contributed by atoms with Gasteiger partial charge in [-0.3, -0.25) is 4.99 Å². The summed E-state index contributed by atoms with van der Waals surface area (Å²) in [5, 5.41) is 6.69. The van der Waals surface area contributed by atoms with Crippen molar-refractivity contribution in [2.24, 2.45) is 4.99 Å². The maximum absolute atomic E-state index is 5.50. The summed E-state index contributed by atoms with van der Waals surface area (Å²) in [6.45, 7) is 6.76. The van der Waals surface area contributed by atoms with E-state index in [0.29, 0.717) is 6.54 Å². The average molecular weight is 320 g/mol. The van der Waals surface area contributed by atoms with Crippen molar-refractivity contribution in [1.29, 1.82) is 0 Å². The largest absolute Gasteiger partial charge is 0.496 e. The number of likely N-dealkylation sites (N-methyl/N-ethyl adjacent to an activating group) is 1. The third-order valence-corrected chi connectivity index (χ3v) is 3.71. The van der Waals surface area contributed by atoms with Crippen molar-refractivity contribution in [2.75, 3.05) is 40.8 Å². The van der Waals surface area contributed by atoms with Crippen LogP contribution < -0.4 is 15.4 Å². The van der Waals surface area contributed by atoms with E-state index in [4.69, 9.17) is 9.73 Å². The smallest absolute Gasteiger partial charge is 0.191 e. The molecule has 2 N–H and O–H groups in total. The lowest BCUT2D eigenvalue weighted by atomic mass is 10.0. The highest BCUT2D eigenvalue weighted by molar-refractivity contribution is 5.79.